The van der Waals surface area contributed by atoms with Crippen molar-refractivity contribution >= 4 is 11.5 Å². The van der Waals surface area contributed by atoms with Crippen molar-refractivity contribution in [2.45, 2.75) is 26.2 Å². The SMILES string of the molecule is CCCc1ccc2c(c1)C(=O)C(=NO)C2. The van der Waals surface area contributed by atoms with Gasteiger partial charge in [0.1, 0.15) is 5.71 Å². The van der Waals surface area contributed by atoms with Gasteiger partial charge < -0.3 is 5.21 Å². The van der Waals surface area contributed by atoms with Crippen LogP contribution in [0.15, 0.2) is 23.4 Å². The molecule has 15 heavy (non-hydrogen) atoms. The van der Waals surface area contributed by atoms with E-state index < -0.39 is 0 Å². The highest BCUT2D eigenvalue weighted by molar-refractivity contribution is 6.49. The second-order valence-electron chi connectivity index (χ2n) is 3.79. The van der Waals surface area contributed by atoms with Crippen LogP contribution in [0.1, 0.15) is 34.8 Å². The molecule has 0 atom stereocenters. The zero-order chi connectivity index (χ0) is 10.8. The zero-order valence-electron chi connectivity index (χ0n) is 8.66. The molecule has 1 N–H and O–H groups in total. The molecule has 2 rings (SSSR count). The van der Waals surface area contributed by atoms with Crippen LogP contribution in [0.3, 0.4) is 0 Å². The Balaban J connectivity index is 2.40. The van der Waals surface area contributed by atoms with E-state index in [0.29, 0.717) is 12.0 Å². The van der Waals surface area contributed by atoms with Crippen LogP contribution >= 0.6 is 0 Å². The summed E-state index contributed by atoms with van der Waals surface area (Å²) in [4.78, 5) is 11.7. The van der Waals surface area contributed by atoms with Gasteiger partial charge in [-0.1, -0.05) is 30.6 Å². The molecule has 0 unspecified atom stereocenters. The van der Waals surface area contributed by atoms with Crippen molar-refractivity contribution < 1.29 is 10.0 Å². The second-order valence-corrected chi connectivity index (χ2v) is 3.79. The van der Waals surface area contributed by atoms with Crippen molar-refractivity contribution in [1.82, 2.24) is 0 Å². The maximum atomic E-state index is 11.7. The fourth-order valence-corrected chi connectivity index (χ4v) is 1.93. The smallest absolute Gasteiger partial charge is 0.211 e. The van der Waals surface area contributed by atoms with Crippen LogP contribution in [0.2, 0.25) is 0 Å². The molecule has 3 heteroatoms. The number of ketones is 1. The highest BCUT2D eigenvalue weighted by Crippen LogP contribution is 2.22. The zero-order valence-corrected chi connectivity index (χ0v) is 8.66. The van der Waals surface area contributed by atoms with Gasteiger partial charge in [-0.2, -0.15) is 0 Å². The first-order chi connectivity index (χ1) is 7.26. The lowest BCUT2D eigenvalue weighted by atomic mass is 10.0. The standard InChI is InChI=1S/C12H13NO2/c1-2-3-8-4-5-9-7-11(13-15)12(14)10(9)6-8/h4-6,15H,2-3,7H2,1H3. The van der Waals surface area contributed by atoms with Gasteiger partial charge in [0, 0.05) is 12.0 Å². The van der Waals surface area contributed by atoms with E-state index in [2.05, 4.69) is 12.1 Å². The Labute approximate surface area is 88.4 Å². The van der Waals surface area contributed by atoms with E-state index >= 15 is 0 Å². The lowest BCUT2D eigenvalue weighted by Crippen LogP contribution is -2.07. The molecular formula is C12H13NO2. The molecule has 1 aromatic carbocycles. The lowest BCUT2D eigenvalue weighted by Gasteiger charge is -2.01. The molecule has 0 radical (unpaired) electrons. The van der Waals surface area contributed by atoms with E-state index in [0.717, 1.165) is 18.4 Å². The van der Waals surface area contributed by atoms with Crippen molar-refractivity contribution in [3.63, 3.8) is 0 Å². The van der Waals surface area contributed by atoms with Gasteiger partial charge in [-0.05, 0) is 23.6 Å². The third-order valence-corrected chi connectivity index (χ3v) is 2.70. The molecule has 0 aliphatic heterocycles. The summed E-state index contributed by atoms with van der Waals surface area (Å²) in [6.45, 7) is 2.11. The number of Topliss-reactive ketones (excluding diaryl/α,β-unsaturated/α-hetero) is 1. The molecule has 1 aliphatic carbocycles. The molecule has 0 amide bonds. The van der Waals surface area contributed by atoms with E-state index in [-0.39, 0.29) is 11.5 Å². The van der Waals surface area contributed by atoms with Gasteiger partial charge in [-0.3, -0.25) is 4.79 Å². The number of carbonyl (C=O) groups is 1. The fraction of sp³-hybridized carbons (Fsp3) is 0.333. The van der Waals surface area contributed by atoms with Gasteiger partial charge in [0.2, 0.25) is 5.78 Å². The molecule has 0 spiro atoms. The van der Waals surface area contributed by atoms with E-state index in [1.807, 2.05) is 18.2 Å². The third kappa shape index (κ3) is 1.65. The van der Waals surface area contributed by atoms with Gasteiger partial charge in [-0.25, -0.2) is 0 Å². The van der Waals surface area contributed by atoms with Crippen LogP contribution in [-0.4, -0.2) is 16.7 Å². The summed E-state index contributed by atoms with van der Waals surface area (Å²) in [5.41, 5.74) is 3.09. The highest BCUT2D eigenvalue weighted by atomic mass is 16.4. The molecule has 0 saturated heterocycles. The minimum absolute atomic E-state index is 0.134. The predicted octanol–water partition coefficient (Wildman–Crippen LogP) is 2.21. The fourth-order valence-electron chi connectivity index (χ4n) is 1.93. The topological polar surface area (TPSA) is 49.7 Å². The first-order valence-electron chi connectivity index (χ1n) is 5.13. The van der Waals surface area contributed by atoms with Crippen LogP contribution in [0.25, 0.3) is 0 Å². The van der Waals surface area contributed by atoms with Crippen molar-refractivity contribution in [3.05, 3.63) is 34.9 Å². The van der Waals surface area contributed by atoms with Gasteiger partial charge in [0.05, 0.1) is 0 Å². The van der Waals surface area contributed by atoms with Gasteiger partial charge in [-0.15, -0.1) is 0 Å². The first-order valence-corrected chi connectivity index (χ1v) is 5.13. The van der Waals surface area contributed by atoms with E-state index in [1.165, 1.54) is 5.56 Å². The lowest BCUT2D eigenvalue weighted by molar-refractivity contribution is 0.106. The maximum absolute atomic E-state index is 11.7. The Bertz CT molecular complexity index is 435. The Hall–Kier alpha value is -1.64. The maximum Gasteiger partial charge on any atom is 0.211 e. The summed E-state index contributed by atoms with van der Waals surface area (Å²) < 4.78 is 0. The third-order valence-electron chi connectivity index (χ3n) is 2.70. The van der Waals surface area contributed by atoms with Crippen LogP contribution < -0.4 is 0 Å². The van der Waals surface area contributed by atoms with Crippen molar-refractivity contribution in [2.75, 3.05) is 0 Å². The molecule has 78 valence electrons. The van der Waals surface area contributed by atoms with Crippen LogP contribution in [0, 0.1) is 0 Å². The number of aryl methyl sites for hydroxylation is 1. The summed E-state index contributed by atoms with van der Waals surface area (Å²) in [5.74, 6) is -0.134. The van der Waals surface area contributed by atoms with Crippen LogP contribution in [0.5, 0.6) is 0 Å². The molecule has 0 heterocycles. The number of hydrogen-bond acceptors (Lipinski definition) is 3. The van der Waals surface area contributed by atoms with Gasteiger partial charge >= 0.3 is 0 Å². The number of carbonyl (C=O) groups excluding carboxylic acids is 1. The number of nitrogens with zero attached hydrogens (tertiary/aromatic N) is 1. The molecule has 0 saturated carbocycles. The number of fused-ring (bicyclic) bond motifs is 1. The second kappa shape index (κ2) is 3.85. The molecular weight excluding hydrogens is 190 g/mol. The molecule has 1 aliphatic rings. The first kappa shape index (κ1) is 9.90. The average molecular weight is 203 g/mol. The minimum Gasteiger partial charge on any atom is -0.411 e. The quantitative estimate of drug-likeness (QED) is 0.591. The molecule has 0 aromatic heterocycles. The highest BCUT2D eigenvalue weighted by Gasteiger charge is 2.26. The Morgan fingerprint density at radius 1 is 1.47 bits per heavy atom. The predicted molar refractivity (Wildman–Crippen MR) is 57.7 cm³/mol. The Kier molecular flexibility index (Phi) is 2.54. The Morgan fingerprint density at radius 3 is 2.93 bits per heavy atom. The summed E-state index contributed by atoms with van der Waals surface area (Å²) >= 11 is 0. The van der Waals surface area contributed by atoms with E-state index in [1.54, 1.807) is 0 Å². The van der Waals surface area contributed by atoms with E-state index in [4.69, 9.17) is 5.21 Å². The van der Waals surface area contributed by atoms with Crippen molar-refractivity contribution in [2.24, 2.45) is 5.16 Å². The minimum atomic E-state index is -0.134. The number of rotatable bonds is 2. The molecule has 0 bridgehead atoms. The largest absolute Gasteiger partial charge is 0.411 e. The normalized spacial score (nSPS) is 17.1. The van der Waals surface area contributed by atoms with Crippen molar-refractivity contribution in [3.8, 4) is 0 Å². The summed E-state index contributed by atoms with van der Waals surface area (Å²) in [5, 5.41) is 11.7. The summed E-state index contributed by atoms with van der Waals surface area (Å²) in [6, 6.07) is 5.91. The van der Waals surface area contributed by atoms with Crippen LogP contribution in [-0.2, 0) is 12.8 Å². The molecule has 1 aromatic rings. The molecule has 3 nitrogen and oxygen atoms in total. The summed E-state index contributed by atoms with van der Waals surface area (Å²) in [6.07, 6.45) is 2.50. The van der Waals surface area contributed by atoms with E-state index in [9.17, 15) is 4.79 Å². The van der Waals surface area contributed by atoms with Gasteiger partial charge in [0.25, 0.3) is 0 Å². The summed E-state index contributed by atoms with van der Waals surface area (Å²) in [7, 11) is 0. The number of hydrogen-bond donors (Lipinski definition) is 1. The monoisotopic (exact) mass is 203 g/mol. The van der Waals surface area contributed by atoms with Crippen molar-refractivity contribution in [1.29, 1.82) is 0 Å². The van der Waals surface area contributed by atoms with Crippen LogP contribution in [0.4, 0.5) is 0 Å². The average Bonchev–Trinajstić information content (AvgIpc) is 2.56. The number of oxime groups is 1. The van der Waals surface area contributed by atoms with Gasteiger partial charge in [0.15, 0.2) is 0 Å². The molecule has 0 fully saturated rings. The number of benzene rings is 1. The Morgan fingerprint density at radius 2 is 2.27 bits per heavy atom.